The van der Waals surface area contributed by atoms with Crippen LogP contribution >= 0.6 is 45.3 Å². The van der Waals surface area contributed by atoms with Crippen LogP contribution in [-0.4, -0.2) is 0 Å². The summed E-state index contributed by atoms with van der Waals surface area (Å²) in [5.74, 6) is 0. The summed E-state index contributed by atoms with van der Waals surface area (Å²) in [4.78, 5) is 12.0. The van der Waals surface area contributed by atoms with Crippen molar-refractivity contribution in [3.05, 3.63) is 92.7 Å². The molecule has 2 aromatic carbocycles. The van der Waals surface area contributed by atoms with Crippen LogP contribution in [-0.2, 0) is 23.7 Å². The van der Waals surface area contributed by atoms with Gasteiger partial charge in [-0.2, -0.15) is 0 Å². The molecule has 52 heavy (non-hydrogen) atoms. The molecule has 0 nitrogen and oxygen atoms in total. The number of fused-ring (bicyclic) bond motifs is 7. The molecule has 0 saturated heterocycles. The van der Waals surface area contributed by atoms with Gasteiger partial charge in [-0.3, -0.25) is 0 Å². The van der Waals surface area contributed by atoms with Crippen LogP contribution in [0.25, 0.3) is 51.2 Å². The molecule has 4 aromatic heterocycles. The Bertz CT molecular complexity index is 2030. The smallest absolute Gasteiger partial charge is 0.0452 e. The zero-order valence-corrected chi connectivity index (χ0v) is 35.6. The molecule has 0 radical (unpaired) electrons. The van der Waals surface area contributed by atoms with E-state index in [9.17, 15) is 0 Å². The van der Waals surface area contributed by atoms with Gasteiger partial charge in [-0.05, 0) is 156 Å². The largest absolute Gasteiger partial charge is 0.139 e. The van der Waals surface area contributed by atoms with Gasteiger partial charge in [-0.15, -0.1) is 45.3 Å². The number of thiophene rings is 4. The second-order valence-electron chi connectivity index (χ2n) is 15.6. The average molecular weight is 761 g/mol. The van der Waals surface area contributed by atoms with Crippen molar-refractivity contribution in [2.45, 2.75) is 142 Å². The molecule has 0 bridgehead atoms. The fraction of sp³-hybridized carbons (Fsp3) is 0.458. The number of unbranched alkanes of at least 4 members (excludes halogenated alkanes) is 6. The van der Waals surface area contributed by atoms with Crippen LogP contribution < -0.4 is 0 Å². The van der Waals surface area contributed by atoms with E-state index in [4.69, 9.17) is 0 Å². The second kappa shape index (κ2) is 15.0. The van der Waals surface area contributed by atoms with Crippen LogP contribution in [0.5, 0.6) is 0 Å². The maximum absolute atomic E-state index is 2.61. The van der Waals surface area contributed by atoms with E-state index in [1.807, 2.05) is 22.7 Å². The van der Waals surface area contributed by atoms with Crippen molar-refractivity contribution in [2.75, 3.05) is 0 Å². The van der Waals surface area contributed by atoms with Crippen molar-refractivity contribution in [1.29, 1.82) is 0 Å². The molecule has 2 aliphatic rings. The summed E-state index contributed by atoms with van der Waals surface area (Å²) >= 11 is 8.16. The van der Waals surface area contributed by atoms with Gasteiger partial charge in [-0.1, -0.05) is 80.1 Å². The fourth-order valence-corrected chi connectivity index (χ4v) is 14.5. The molecule has 6 aromatic rings. The third-order valence-corrected chi connectivity index (χ3v) is 17.9. The summed E-state index contributed by atoms with van der Waals surface area (Å²) in [6.45, 7) is 14.3. The Morgan fingerprint density at radius 2 is 0.827 bits per heavy atom. The van der Waals surface area contributed by atoms with Gasteiger partial charge in [0, 0.05) is 49.8 Å². The molecule has 8 rings (SSSR count). The number of aryl methyl sites for hydroxylation is 2. The first kappa shape index (κ1) is 36.5. The minimum Gasteiger partial charge on any atom is -0.139 e. The van der Waals surface area contributed by atoms with Crippen molar-refractivity contribution >= 4 is 56.1 Å². The first-order valence-electron chi connectivity index (χ1n) is 20.5. The molecule has 4 heteroatoms. The van der Waals surface area contributed by atoms with E-state index in [0.717, 1.165) is 25.7 Å². The number of hydrogen-bond acceptors (Lipinski definition) is 4. The van der Waals surface area contributed by atoms with E-state index in [1.54, 1.807) is 32.0 Å². The van der Waals surface area contributed by atoms with Crippen LogP contribution in [0.1, 0.15) is 151 Å². The zero-order chi connectivity index (χ0) is 36.0. The lowest BCUT2D eigenvalue weighted by atomic mass is 9.72. The van der Waals surface area contributed by atoms with Gasteiger partial charge >= 0.3 is 0 Å². The highest BCUT2D eigenvalue weighted by molar-refractivity contribution is 7.24. The Hall–Kier alpha value is -2.50. The number of benzene rings is 2. The van der Waals surface area contributed by atoms with Crippen LogP contribution in [0, 0.1) is 0 Å². The summed E-state index contributed by atoms with van der Waals surface area (Å²) in [7, 11) is 0. The Kier molecular flexibility index (Phi) is 10.5. The minimum absolute atomic E-state index is 0.0815. The van der Waals surface area contributed by atoms with E-state index < -0.39 is 0 Å². The van der Waals surface area contributed by atoms with Crippen LogP contribution in [0.2, 0.25) is 0 Å². The fourth-order valence-electron chi connectivity index (χ4n) is 9.71. The molecule has 0 amide bonds. The molecular formula is C48H56S4. The molecule has 2 aliphatic carbocycles. The van der Waals surface area contributed by atoms with Gasteiger partial charge in [0.1, 0.15) is 0 Å². The number of rotatable bonds is 16. The molecule has 0 N–H and O–H groups in total. The van der Waals surface area contributed by atoms with Crippen LogP contribution in [0.3, 0.4) is 0 Å². The summed E-state index contributed by atoms with van der Waals surface area (Å²) in [6, 6.07) is 25.2. The molecule has 0 fully saturated rings. The van der Waals surface area contributed by atoms with Gasteiger partial charge in [0.15, 0.2) is 0 Å². The molecule has 0 saturated carbocycles. The Morgan fingerprint density at radius 1 is 0.404 bits per heavy atom. The third kappa shape index (κ3) is 5.94. The minimum atomic E-state index is 0.0815. The van der Waals surface area contributed by atoms with Crippen molar-refractivity contribution < 1.29 is 0 Å². The van der Waals surface area contributed by atoms with Crippen LogP contribution in [0.4, 0.5) is 0 Å². The van der Waals surface area contributed by atoms with E-state index in [0.29, 0.717) is 0 Å². The Labute approximate surface area is 329 Å². The van der Waals surface area contributed by atoms with E-state index >= 15 is 0 Å². The summed E-state index contributed by atoms with van der Waals surface area (Å²) in [5.41, 5.74) is 9.44. The SMILES string of the molecule is CCCCCCc1ccc(-c2cc3c(s2)-c2cc4cc5c(cc4cc2C3(CC)CC)-c2sc(-c3ccc(CCCCCC)s3)cc2C5(CC)CC)s1. The highest BCUT2D eigenvalue weighted by Gasteiger charge is 2.45. The standard InChI is InChI=1S/C48H56S4/c1-7-13-15-17-19-33-21-23-41(49-33)43-29-39-45(51-43)35-25-31-28-38-36(26-32(31)27-37(35)47(39,9-3)10-4)46-40(48(38,11-5)12-6)30-44(52-46)42-24-22-34(50-42)20-18-16-14-8-2/h21-30H,7-20H2,1-6H3. The van der Waals surface area contributed by atoms with E-state index in [-0.39, 0.29) is 10.8 Å². The zero-order valence-electron chi connectivity index (χ0n) is 32.3. The third-order valence-electron chi connectivity index (χ3n) is 12.9. The molecule has 0 atom stereocenters. The lowest BCUT2D eigenvalue weighted by Crippen LogP contribution is -2.23. The summed E-state index contributed by atoms with van der Waals surface area (Å²) in [5, 5.41) is 2.83. The molecule has 0 aliphatic heterocycles. The van der Waals surface area contributed by atoms with Crippen molar-refractivity contribution in [1.82, 2.24) is 0 Å². The van der Waals surface area contributed by atoms with E-state index in [2.05, 4.69) is 125 Å². The maximum Gasteiger partial charge on any atom is 0.0452 e. The quantitative estimate of drug-likeness (QED) is 0.0862. The summed E-state index contributed by atoms with van der Waals surface area (Å²) in [6.07, 6.45) is 17.6. The molecule has 0 unspecified atom stereocenters. The average Bonchev–Trinajstić information content (AvgIpc) is 4.02. The Morgan fingerprint density at radius 3 is 1.21 bits per heavy atom. The van der Waals surface area contributed by atoms with Crippen LogP contribution in [0.15, 0.2) is 60.7 Å². The first-order valence-corrected chi connectivity index (χ1v) is 23.8. The lowest BCUT2D eigenvalue weighted by Gasteiger charge is -2.30. The van der Waals surface area contributed by atoms with Crippen molar-refractivity contribution in [2.24, 2.45) is 0 Å². The predicted molar refractivity (Wildman–Crippen MR) is 236 cm³/mol. The molecule has 0 spiro atoms. The molecule has 272 valence electrons. The van der Waals surface area contributed by atoms with Gasteiger partial charge in [-0.25, -0.2) is 0 Å². The van der Waals surface area contributed by atoms with Gasteiger partial charge < -0.3 is 0 Å². The monoisotopic (exact) mass is 760 g/mol. The van der Waals surface area contributed by atoms with Gasteiger partial charge in [0.2, 0.25) is 0 Å². The van der Waals surface area contributed by atoms with Gasteiger partial charge in [0.05, 0.1) is 0 Å². The molecular weight excluding hydrogens is 705 g/mol. The maximum atomic E-state index is 2.61. The van der Waals surface area contributed by atoms with Crippen molar-refractivity contribution in [3.63, 3.8) is 0 Å². The highest BCUT2D eigenvalue weighted by Crippen LogP contribution is 2.61. The predicted octanol–water partition coefficient (Wildman–Crippen LogP) is 16.8. The summed E-state index contributed by atoms with van der Waals surface area (Å²) < 4.78 is 0. The highest BCUT2D eigenvalue weighted by atomic mass is 32.1. The Balaban J connectivity index is 1.17. The van der Waals surface area contributed by atoms with E-state index in [1.165, 1.54) is 115 Å². The van der Waals surface area contributed by atoms with Crippen molar-refractivity contribution in [3.8, 4) is 40.4 Å². The lowest BCUT2D eigenvalue weighted by molar-refractivity contribution is 0.491. The number of hydrogen-bond donors (Lipinski definition) is 0. The van der Waals surface area contributed by atoms with Gasteiger partial charge in [0.25, 0.3) is 0 Å². The normalized spacial score (nSPS) is 15.0. The molecule has 4 heterocycles. The topological polar surface area (TPSA) is 0 Å². The second-order valence-corrected chi connectivity index (χ2v) is 20.0. The first-order chi connectivity index (χ1) is 25.4.